The second-order valence-electron chi connectivity index (χ2n) is 3.70. The lowest BCUT2D eigenvalue weighted by atomic mass is 10.1. The molecule has 1 unspecified atom stereocenters. The van der Waals surface area contributed by atoms with Crippen molar-refractivity contribution >= 4 is 0 Å². The third-order valence-corrected chi connectivity index (χ3v) is 2.27. The van der Waals surface area contributed by atoms with Crippen LogP contribution in [0.15, 0.2) is 12.7 Å². The summed E-state index contributed by atoms with van der Waals surface area (Å²) in [5, 5.41) is 7.41. The van der Waals surface area contributed by atoms with Crippen molar-refractivity contribution in [3.8, 4) is 0 Å². The van der Waals surface area contributed by atoms with E-state index in [-0.39, 0.29) is 0 Å². The van der Waals surface area contributed by atoms with E-state index in [0.29, 0.717) is 18.5 Å². The molecule has 1 rings (SSSR count). The predicted molar refractivity (Wildman–Crippen MR) is 55.7 cm³/mol. The topological polar surface area (TPSA) is 68.8 Å². The standard InChI is InChI=1S/C9H19N5/c1-8(2)9(5-10)12-3-4-14-7-11-6-13-14/h6-9,12H,3-5,10H2,1-2H3. The van der Waals surface area contributed by atoms with Gasteiger partial charge >= 0.3 is 0 Å². The highest BCUT2D eigenvalue weighted by Crippen LogP contribution is 1.98. The van der Waals surface area contributed by atoms with Crippen molar-refractivity contribution in [3.05, 3.63) is 12.7 Å². The van der Waals surface area contributed by atoms with E-state index in [9.17, 15) is 0 Å². The van der Waals surface area contributed by atoms with Crippen LogP contribution in [0.25, 0.3) is 0 Å². The summed E-state index contributed by atoms with van der Waals surface area (Å²) >= 11 is 0. The van der Waals surface area contributed by atoms with Gasteiger partial charge in [0.05, 0.1) is 6.54 Å². The van der Waals surface area contributed by atoms with Crippen LogP contribution in [0.2, 0.25) is 0 Å². The van der Waals surface area contributed by atoms with E-state index in [4.69, 9.17) is 5.73 Å². The Morgan fingerprint density at radius 1 is 1.50 bits per heavy atom. The third-order valence-electron chi connectivity index (χ3n) is 2.27. The zero-order valence-electron chi connectivity index (χ0n) is 8.85. The van der Waals surface area contributed by atoms with Gasteiger partial charge in [0.25, 0.3) is 0 Å². The molecular formula is C9H19N5. The molecule has 5 heteroatoms. The molecule has 0 amide bonds. The second kappa shape index (κ2) is 5.72. The average Bonchev–Trinajstić information content (AvgIpc) is 2.64. The van der Waals surface area contributed by atoms with Crippen LogP contribution in [-0.4, -0.2) is 33.9 Å². The minimum absolute atomic E-state index is 0.388. The summed E-state index contributed by atoms with van der Waals surface area (Å²) in [5.74, 6) is 0.566. The highest BCUT2D eigenvalue weighted by atomic mass is 15.3. The molecule has 0 aromatic carbocycles. The van der Waals surface area contributed by atoms with Gasteiger partial charge in [-0.2, -0.15) is 5.10 Å². The molecule has 1 heterocycles. The smallest absolute Gasteiger partial charge is 0.137 e. The number of aromatic nitrogens is 3. The molecule has 0 aliphatic heterocycles. The number of nitrogens with one attached hydrogen (secondary N) is 1. The fraction of sp³-hybridized carbons (Fsp3) is 0.778. The summed E-state index contributed by atoms with van der Waals surface area (Å²) in [5.41, 5.74) is 5.64. The van der Waals surface area contributed by atoms with E-state index in [2.05, 4.69) is 29.2 Å². The lowest BCUT2D eigenvalue weighted by molar-refractivity contribution is 0.392. The largest absolute Gasteiger partial charge is 0.329 e. The number of nitrogens with two attached hydrogens (primary N) is 1. The molecule has 0 aliphatic rings. The fourth-order valence-electron chi connectivity index (χ4n) is 1.30. The molecule has 0 bridgehead atoms. The van der Waals surface area contributed by atoms with Crippen molar-refractivity contribution < 1.29 is 0 Å². The van der Waals surface area contributed by atoms with E-state index in [1.807, 2.05) is 0 Å². The van der Waals surface area contributed by atoms with Crippen molar-refractivity contribution in [1.29, 1.82) is 0 Å². The van der Waals surface area contributed by atoms with Crippen LogP contribution < -0.4 is 11.1 Å². The first-order chi connectivity index (χ1) is 6.74. The molecule has 1 atom stereocenters. The summed E-state index contributed by atoms with van der Waals surface area (Å²) in [7, 11) is 0. The zero-order valence-corrected chi connectivity index (χ0v) is 8.85. The monoisotopic (exact) mass is 197 g/mol. The van der Waals surface area contributed by atoms with Crippen molar-refractivity contribution in [1.82, 2.24) is 20.1 Å². The minimum Gasteiger partial charge on any atom is -0.329 e. The maximum absolute atomic E-state index is 5.64. The molecule has 0 radical (unpaired) electrons. The Kier molecular flexibility index (Phi) is 4.55. The molecule has 0 fully saturated rings. The first kappa shape index (κ1) is 11.1. The number of nitrogens with zero attached hydrogens (tertiary/aromatic N) is 3. The Morgan fingerprint density at radius 3 is 2.79 bits per heavy atom. The Morgan fingerprint density at radius 2 is 2.29 bits per heavy atom. The lowest BCUT2D eigenvalue weighted by Gasteiger charge is -2.20. The van der Waals surface area contributed by atoms with E-state index < -0.39 is 0 Å². The fourth-order valence-corrected chi connectivity index (χ4v) is 1.30. The minimum atomic E-state index is 0.388. The molecule has 1 aromatic rings. The van der Waals surface area contributed by atoms with Crippen LogP contribution in [0.5, 0.6) is 0 Å². The van der Waals surface area contributed by atoms with Crippen molar-refractivity contribution in [2.75, 3.05) is 13.1 Å². The Bertz CT molecular complexity index is 231. The summed E-state index contributed by atoms with van der Waals surface area (Å²) in [6.45, 7) is 6.72. The molecule has 14 heavy (non-hydrogen) atoms. The lowest BCUT2D eigenvalue weighted by Crippen LogP contribution is -2.41. The van der Waals surface area contributed by atoms with Gasteiger partial charge in [0, 0.05) is 19.1 Å². The van der Waals surface area contributed by atoms with Gasteiger partial charge in [0.2, 0.25) is 0 Å². The SMILES string of the molecule is CC(C)C(CN)NCCn1cncn1. The highest BCUT2D eigenvalue weighted by molar-refractivity contribution is 4.71. The average molecular weight is 197 g/mol. The van der Waals surface area contributed by atoms with Crippen LogP contribution in [-0.2, 0) is 6.54 Å². The van der Waals surface area contributed by atoms with E-state index in [1.54, 1.807) is 17.3 Å². The highest BCUT2D eigenvalue weighted by Gasteiger charge is 2.09. The van der Waals surface area contributed by atoms with Gasteiger partial charge in [-0.1, -0.05) is 13.8 Å². The summed E-state index contributed by atoms with van der Waals surface area (Å²) in [6, 6.07) is 0.388. The number of hydrogen-bond acceptors (Lipinski definition) is 4. The molecule has 3 N–H and O–H groups in total. The van der Waals surface area contributed by atoms with Gasteiger partial charge in [-0.15, -0.1) is 0 Å². The van der Waals surface area contributed by atoms with Crippen molar-refractivity contribution in [2.45, 2.75) is 26.4 Å². The summed E-state index contributed by atoms with van der Waals surface area (Å²) in [4.78, 5) is 3.87. The molecule has 5 nitrogen and oxygen atoms in total. The van der Waals surface area contributed by atoms with Crippen molar-refractivity contribution in [2.24, 2.45) is 11.7 Å². The normalized spacial score (nSPS) is 13.4. The van der Waals surface area contributed by atoms with E-state index >= 15 is 0 Å². The molecule has 0 aliphatic carbocycles. The van der Waals surface area contributed by atoms with Gasteiger partial charge in [-0.25, -0.2) is 4.98 Å². The van der Waals surface area contributed by atoms with Gasteiger partial charge in [-0.3, -0.25) is 4.68 Å². The molecular weight excluding hydrogens is 178 g/mol. The predicted octanol–water partition coefficient (Wildman–Crippen LogP) is -0.149. The van der Waals surface area contributed by atoms with Gasteiger partial charge in [-0.05, 0) is 5.92 Å². The van der Waals surface area contributed by atoms with Gasteiger partial charge in [0.15, 0.2) is 0 Å². The van der Waals surface area contributed by atoms with Crippen molar-refractivity contribution in [3.63, 3.8) is 0 Å². The van der Waals surface area contributed by atoms with E-state index in [0.717, 1.165) is 13.1 Å². The van der Waals surface area contributed by atoms with Gasteiger partial charge in [0.1, 0.15) is 12.7 Å². The van der Waals surface area contributed by atoms with Crippen LogP contribution in [0.4, 0.5) is 0 Å². The maximum atomic E-state index is 5.64. The maximum Gasteiger partial charge on any atom is 0.137 e. The molecule has 1 aromatic heterocycles. The quantitative estimate of drug-likeness (QED) is 0.665. The number of rotatable bonds is 6. The van der Waals surface area contributed by atoms with Crippen LogP contribution >= 0.6 is 0 Å². The van der Waals surface area contributed by atoms with Crippen LogP contribution in [0, 0.1) is 5.92 Å². The van der Waals surface area contributed by atoms with Crippen LogP contribution in [0.1, 0.15) is 13.8 Å². The molecule has 0 saturated carbocycles. The zero-order chi connectivity index (χ0) is 10.4. The summed E-state index contributed by atoms with van der Waals surface area (Å²) < 4.78 is 1.81. The molecule has 80 valence electrons. The Balaban J connectivity index is 2.20. The molecule has 0 saturated heterocycles. The van der Waals surface area contributed by atoms with Gasteiger partial charge < -0.3 is 11.1 Å². The first-order valence-corrected chi connectivity index (χ1v) is 5.00. The second-order valence-corrected chi connectivity index (χ2v) is 3.70. The molecule has 0 spiro atoms. The third kappa shape index (κ3) is 3.43. The first-order valence-electron chi connectivity index (χ1n) is 5.00. The summed E-state index contributed by atoms with van der Waals surface area (Å²) in [6.07, 6.45) is 3.26. The van der Waals surface area contributed by atoms with Crippen LogP contribution in [0.3, 0.4) is 0 Å². The Labute approximate surface area is 84.7 Å². The Hall–Kier alpha value is -0.940. The number of hydrogen-bond donors (Lipinski definition) is 2. The van der Waals surface area contributed by atoms with E-state index in [1.165, 1.54) is 0 Å².